The number of aryl methyl sites for hydroxylation is 1. The van der Waals surface area contributed by atoms with Crippen molar-refractivity contribution in [2.45, 2.75) is 12.8 Å². The number of carboxylic acid groups (broad SMARTS) is 1. The molecule has 0 atom stereocenters. The van der Waals surface area contributed by atoms with E-state index in [0.29, 0.717) is 19.4 Å². The van der Waals surface area contributed by atoms with Crippen LogP contribution in [0.15, 0.2) is 16.9 Å². The molecule has 2 aromatic heterocycles. The van der Waals surface area contributed by atoms with Crippen molar-refractivity contribution in [3.63, 3.8) is 0 Å². The molecule has 2 rings (SSSR count). The topological polar surface area (TPSA) is 134 Å². The van der Waals surface area contributed by atoms with Gasteiger partial charge in [-0.25, -0.2) is 9.78 Å². The van der Waals surface area contributed by atoms with Gasteiger partial charge in [0.2, 0.25) is 5.76 Å². The van der Waals surface area contributed by atoms with E-state index in [4.69, 9.17) is 5.11 Å². The number of amides is 1. The summed E-state index contributed by atoms with van der Waals surface area (Å²) in [6.07, 6.45) is 2.74. The van der Waals surface area contributed by atoms with E-state index in [2.05, 4.69) is 30.2 Å². The highest BCUT2D eigenvalue weighted by atomic mass is 16.5. The van der Waals surface area contributed by atoms with Crippen LogP contribution in [0.4, 0.5) is 0 Å². The van der Waals surface area contributed by atoms with Gasteiger partial charge in [0.05, 0.1) is 0 Å². The Bertz CT molecular complexity index is 562. The van der Waals surface area contributed by atoms with Crippen LogP contribution in [0.25, 0.3) is 0 Å². The van der Waals surface area contributed by atoms with E-state index < -0.39 is 11.9 Å². The monoisotopic (exact) mass is 265 g/mol. The van der Waals surface area contributed by atoms with Crippen molar-refractivity contribution in [1.82, 2.24) is 25.7 Å². The second kappa shape index (κ2) is 5.76. The smallest absolute Gasteiger partial charge is 0.374 e. The first-order valence-electron chi connectivity index (χ1n) is 5.49. The Labute approximate surface area is 107 Å². The maximum atomic E-state index is 11.6. The Balaban J connectivity index is 1.76. The Morgan fingerprint density at radius 2 is 2.32 bits per heavy atom. The number of carboxylic acids is 1. The van der Waals surface area contributed by atoms with E-state index >= 15 is 0 Å². The van der Waals surface area contributed by atoms with Gasteiger partial charge in [-0.3, -0.25) is 9.89 Å². The van der Waals surface area contributed by atoms with Crippen LogP contribution in [0.1, 0.15) is 33.3 Å². The lowest BCUT2D eigenvalue weighted by Gasteiger charge is -2.00. The summed E-state index contributed by atoms with van der Waals surface area (Å²) in [6.45, 7) is 0.412. The minimum absolute atomic E-state index is 0.0583. The van der Waals surface area contributed by atoms with Gasteiger partial charge in [-0.05, 0) is 6.42 Å². The molecule has 0 aliphatic rings. The zero-order valence-corrected chi connectivity index (χ0v) is 9.79. The fraction of sp³-hybridized carbons (Fsp3) is 0.300. The molecule has 0 saturated heterocycles. The fourth-order valence-electron chi connectivity index (χ4n) is 1.38. The minimum Gasteiger partial charge on any atom is -0.475 e. The lowest BCUT2D eigenvalue weighted by Crippen LogP contribution is -2.25. The van der Waals surface area contributed by atoms with Gasteiger partial charge in [-0.15, -0.1) is 0 Å². The summed E-state index contributed by atoms with van der Waals surface area (Å²) in [6, 6.07) is 1.08. The molecular weight excluding hydrogens is 254 g/mol. The van der Waals surface area contributed by atoms with Gasteiger partial charge in [-0.1, -0.05) is 5.16 Å². The van der Waals surface area contributed by atoms with Crippen LogP contribution in [-0.2, 0) is 6.42 Å². The molecule has 0 fully saturated rings. The van der Waals surface area contributed by atoms with Gasteiger partial charge in [0, 0.05) is 19.0 Å². The van der Waals surface area contributed by atoms with E-state index in [1.165, 1.54) is 6.33 Å². The van der Waals surface area contributed by atoms with Crippen molar-refractivity contribution in [3.8, 4) is 0 Å². The van der Waals surface area contributed by atoms with Gasteiger partial charge in [-0.2, -0.15) is 5.10 Å². The second-order valence-corrected chi connectivity index (χ2v) is 3.67. The fourth-order valence-corrected chi connectivity index (χ4v) is 1.38. The molecule has 0 aliphatic heterocycles. The van der Waals surface area contributed by atoms with Gasteiger partial charge >= 0.3 is 5.97 Å². The van der Waals surface area contributed by atoms with Crippen LogP contribution >= 0.6 is 0 Å². The largest absolute Gasteiger partial charge is 0.475 e. The predicted octanol–water partition coefficient (Wildman–Crippen LogP) is -0.147. The van der Waals surface area contributed by atoms with Crippen molar-refractivity contribution in [2.24, 2.45) is 0 Å². The summed E-state index contributed by atoms with van der Waals surface area (Å²) in [5, 5.41) is 21.0. The Hall–Kier alpha value is -2.71. The van der Waals surface area contributed by atoms with Crippen LogP contribution < -0.4 is 5.32 Å². The number of hydrogen-bond donors (Lipinski definition) is 3. The SMILES string of the molecule is O=C(NCCCc1ncn[nH]1)c1cc(C(=O)O)on1. The number of carbonyl (C=O) groups excluding carboxylic acids is 1. The van der Waals surface area contributed by atoms with Crippen molar-refractivity contribution in [3.05, 3.63) is 29.7 Å². The van der Waals surface area contributed by atoms with Crippen LogP contribution in [-0.4, -0.2) is 43.9 Å². The molecule has 19 heavy (non-hydrogen) atoms. The van der Waals surface area contributed by atoms with Crippen LogP contribution in [0, 0.1) is 0 Å². The standard InChI is InChI=1S/C10H11N5O4/c16-9(6-4-7(10(17)18)19-15-6)11-3-1-2-8-12-5-13-14-8/h4-5H,1-3H2,(H,11,16)(H,17,18)(H,12,13,14). The van der Waals surface area contributed by atoms with E-state index in [1.807, 2.05) is 0 Å². The Morgan fingerprint density at radius 1 is 1.47 bits per heavy atom. The average Bonchev–Trinajstić information content (AvgIpc) is 3.05. The summed E-state index contributed by atoms with van der Waals surface area (Å²) < 4.78 is 4.48. The zero-order valence-electron chi connectivity index (χ0n) is 9.79. The highest BCUT2D eigenvalue weighted by Crippen LogP contribution is 2.03. The highest BCUT2D eigenvalue weighted by molar-refractivity contribution is 5.94. The summed E-state index contributed by atoms with van der Waals surface area (Å²) in [5.74, 6) is -1.37. The van der Waals surface area contributed by atoms with Crippen molar-refractivity contribution in [1.29, 1.82) is 0 Å². The molecule has 9 nitrogen and oxygen atoms in total. The molecule has 0 saturated carbocycles. The number of aromatic amines is 1. The summed E-state index contributed by atoms with van der Waals surface area (Å²) in [7, 11) is 0. The lowest BCUT2D eigenvalue weighted by molar-refractivity contribution is 0.0651. The zero-order chi connectivity index (χ0) is 13.7. The van der Waals surface area contributed by atoms with E-state index in [9.17, 15) is 9.59 Å². The van der Waals surface area contributed by atoms with E-state index in [1.54, 1.807) is 0 Å². The molecular formula is C10H11N5O4. The second-order valence-electron chi connectivity index (χ2n) is 3.67. The van der Waals surface area contributed by atoms with Crippen molar-refractivity contribution in [2.75, 3.05) is 6.54 Å². The predicted molar refractivity (Wildman–Crippen MR) is 60.5 cm³/mol. The molecule has 9 heteroatoms. The summed E-state index contributed by atoms with van der Waals surface area (Å²) >= 11 is 0. The van der Waals surface area contributed by atoms with Crippen molar-refractivity contribution >= 4 is 11.9 Å². The van der Waals surface area contributed by atoms with Gasteiger partial charge in [0.25, 0.3) is 5.91 Å². The first kappa shape index (κ1) is 12.7. The molecule has 3 N–H and O–H groups in total. The number of rotatable bonds is 6. The third-order valence-corrected chi connectivity index (χ3v) is 2.29. The third-order valence-electron chi connectivity index (χ3n) is 2.29. The normalized spacial score (nSPS) is 10.3. The molecule has 0 radical (unpaired) electrons. The van der Waals surface area contributed by atoms with Crippen LogP contribution in [0.2, 0.25) is 0 Å². The minimum atomic E-state index is -1.27. The number of nitrogens with one attached hydrogen (secondary N) is 2. The first-order chi connectivity index (χ1) is 9.16. The number of carbonyl (C=O) groups is 2. The number of aromatic nitrogens is 4. The molecule has 0 spiro atoms. The summed E-state index contributed by atoms with van der Waals surface area (Å²) in [4.78, 5) is 26.1. The lowest BCUT2D eigenvalue weighted by atomic mass is 10.3. The maximum absolute atomic E-state index is 11.6. The molecule has 0 aliphatic carbocycles. The molecule has 1 amide bonds. The Morgan fingerprint density at radius 3 is 2.95 bits per heavy atom. The molecule has 2 heterocycles. The number of H-pyrrole nitrogens is 1. The number of hydrogen-bond acceptors (Lipinski definition) is 6. The van der Waals surface area contributed by atoms with Crippen molar-refractivity contribution < 1.29 is 19.2 Å². The van der Waals surface area contributed by atoms with E-state index in [-0.39, 0.29) is 11.5 Å². The third kappa shape index (κ3) is 3.37. The van der Waals surface area contributed by atoms with E-state index in [0.717, 1.165) is 11.9 Å². The van der Waals surface area contributed by atoms with Gasteiger partial charge in [0.1, 0.15) is 12.2 Å². The van der Waals surface area contributed by atoms with Crippen LogP contribution in [0.5, 0.6) is 0 Å². The molecule has 0 aromatic carbocycles. The Kier molecular flexibility index (Phi) is 3.86. The van der Waals surface area contributed by atoms with Gasteiger partial charge < -0.3 is 14.9 Å². The molecule has 0 unspecified atom stereocenters. The molecule has 0 bridgehead atoms. The quantitative estimate of drug-likeness (QED) is 0.618. The number of nitrogens with zero attached hydrogens (tertiary/aromatic N) is 3. The summed E-state index contributed by atoms with van der Waals surface area (Å²) in [5.41, 5.74) is -0.0583. The first-order valence-corrected chi connectivity index (χ1v) is 5.49. The van der Waals surface area contributed by atoms with Crippen LogP contribution in [0.3, 0.4) is 0 Å². The van der Waals surface area contributed by atoms with Gasteiger partial charge in [0.15, 0.2) is 5.69 Å². The maximum Gasteiger partial charge on any atom is 0.374 e. The average molecular weight is 265 g/mol. The highest BCUT2D eigenvalue weighted by Gasteiger charge is 2.15. The molecule has 2 aromatic rings. The molecule has 100 valence electrons. The number of aromatic carboxylic acids is 1.